The van der Waals surface area contributed by atoms with Crippen molar-refractivity contribution in [2.45, 2.75) is 43.1 Å². The maximum atomic E-state index is 2.70. The minimum absolute atomic E-state index is 0.277. The maximum absolute atomic E-state index is 2.70. The highest BCUT2D eigenvalue weighted by Gasteiger charge is 2.52. The first-order valence-corrected chi connectivity index (χ1v) is 14.2. The van der Waals surface area contributed by atoms with Crippen molar-refractivity contribution in [1.29, 1.82) is 0 Å². The highest BCUT2D eigenvalue weighted by Crippen LogP contribution is 2.63. The van der Waals surface area contributed by atoms with Gasteiger partial charge in [-0.2, -0.15) is 0 Å². The van der Waals surface area contributed by atoms with Crippen LogP contribution in [0.2, 0.25) is 0 Å². The summed E-state index contributed by atoms with van der Waals surface area (Å²) in [4.78, 5) is 2.70. The third-order valence-corrected chi connectivity index (χ3v) is 9.92. The van der Waals surface area contributed by atoms with E-state index in [1.807, 2.05) is 0 Å². The minimum atomic E-state index is -0.277. The average Bonchev–Trinajstić information content (AvgIpc) is 3.59. The van der Waals surface area contributed by atoms with E-state index in [2.05, 4.69) is 120 Å². The molecule has 38 heavy (non-hydrogen) atoms. The summed E-state index contributed by atoms with van der Waals surface area (Å²) in [6, 6.07) is 44.4. The molecule has 0 saturated heterocycles. The number of hydrogen-bond donors (Lipinski definition) is 0. The zero-order valence-corrected chi connectivity index (χ0v) is 21.4. The lowest BCUT2D eigenvalue weighted by atomic mass is 9.70. The van der Waals surface area contributed by atoms with Crippen molar-refractivity contribution in [2.24, 2.45) is 0 Å². The molecule has 2 unspecified atom stereocenters. The summed E-state index contributed by atoms with van der Waals surface area (Å²) in [7, 11) is 0. The summed E-state index contributed by atoms with van der Waals surface area (Å²) in [5, 5.41) is 0. The number of para-hydroxylation sites is 1. The van der Waals surface area contributed by atoms with Gasteiger partial charge in [-0.15, -0.1) is 0 Å². The van der Waals surface area contributed by atoms with Crippen LogP contribution >= 0.6 is 0 Å². The first-order valence-electron chi connectivity index (χ1n) is 14.2. The normalized spacial score (nSPS) is 20.9. The van der Waals surface area contributed by atoms with Crippen molar-refractivity contribution < 1.29 is 0 Å². The number of fused-ring (bicyclic) bond motifs is 13. The van der Waals surface area contributed by atoms with Crippen LogP contribution in [0.5, 0.6) is 0 Å². The van der Waals surface area contributed by atoms with Gasteiger partial charge in [0.25, 0.3) is 0 Å². The van der Waals surface area contributed by atoms with Gasteiger partial charge < -0.3 is 4.90 Å². The van der Waals surface area contributed by atoms with E-state index < -0.39 is 0 Å². The molecule has 1 heteroatoms. The van der Waals surface area contributed by atoms with Crippen LogP contribution in [-0.2, 0) is 5.41 Å². The Balaban J connectivity index is 1.34. The van der Waals surface area contributed by atoms with Crippen LogP contribution in [-0.4, -0.2) is 6.04 Å². The van der Waals surface area contributed by atoms with Crippen molar-refractivity contribution in [1.82, 2.24) is 0 Å². The molecule has 1 aliphatic heterocycles. The molecule has 182 valence electrons. The Morgan fingerprint density at radius 3 is 1.76 bits per heavy atom. The largest absolute Gasteiger partial charge is 0.338 e. The summed E-state index contributed by atoms with van der Waals surface area (Å²) in [6.45, 7) is 0. The molecule has 1 spiro atoms. The van der Waals surface area contributed by atoms with E-state index in [1.165, 1.54) is 81.6 Å². The molecule has 4 aliphatic rings. The van der Waals surface area contributed by atoms with Gasteiger partial charge in [-0.1, -0.05) is 110 Å². The Morgan fingerprint density at radius 2 is 1.08 bits per heavy atom. The second-order valence-corrected chi connectivity index (χ2v) is 11.5. The Labute approximate surface area is 224 Å². The Kier molecular flexibility index (Phi) is 4.11. The van der Waals surface area contributed by atoms with Crippen LogP contribution in [0.4, 0.5) is 11.4 Å². The van der Waals surface area contributed by atoms with E-state index in [0.29, 0.717) is 12.0 Å². The lowest BCUT2D eigenvalue weighted by Crippen LogP contribution is -2.33. The molecule has 9 rings (SSSR count). The molecule has 1 heterocycles. The highest BCUT2D eigenvalue weighted by atomic mass is 15.2. The molecule has 0 radical (unpaired) electrons. The van der Waals surface area contributed by atoms with E-state index >= 15 is 0 Å². The van der Waals surface area contributed by atoms with Crippen LogP contribution in [0.1, 0.15) is 59.4 Å². The van der Waals surface area contributed by atoms with Gasteiger partial charge in [0.2, 0.25) is 0 Å². The molecule has 1 nitrogen and oxygen atoms in total. The Morgan fingerprint density at radius 1 is 0.526 bits per heavy atom. The first kappa shape index (κ1) is 20.9. The van der Waals surface area contributed by atoms with Gasteiger partial charge in [-0.25, -0.2) is 0 Å². The SMILES string of the molecule is c1ccc2c(c1)-c1ccccc1C21c2ccccc2-c2ccc(N3c4ccccc4C4CCCCC43)cc21. The monoisotopic (exact) mass is 487 g/mol. The topological polar surface area (TPSA) is 3.24 Å². The first-order chi connectivity index (χ1) is 18.9. The molecule has 3 aliphatic carbocycles. The molecule has 1 saturated carbocycles. The summed E-state index contributed by atoms with van der Waals surface area (Å²) < 4.78 is 0. The van der Waals surface area contributed by atoms with Crippen molar-refractivity contribution in [2.75, 3.05) is 4.90 Å². The van der Waals surface area contributed by atoms with Crippen LogP contribution in [0.15, 0.2) is 115 Å². The maximum Gasteiger partial charge on any atom is 0.0726 e. The van der Waals surface area contributed by atoms with Crippen molar-refractivity contribution in [3.05, 3.63) is 143 Å². The quantitative estimate of drug-likeness (QED) is 0.223. The Bertz CT molecular complexity index is 1700. The van der Waals surface area contributed by atoms with Crippen LogP contribution in [0.3, 0.4) is 0 Å². The van der Waals surface area contributed by atoms with Gasteiger partial charge in [0.15, 0.2) is 0 Å². The van der Waals surface area contributed by atoms with Gasteiger partial charge in [-0.05, 0) is 81.1 Å². The molecule has 5 aromatic carbocycles. The molecule has 5 aromatic rings. The van der Waals surface area contributed by atoms with Crippen molar-refractivity contribution >= 4 is 11.4 Å². The molecule has 1 fully saturated rings. The summed E-state index contributed by atoms with van der Waals surface area (Å²) in [5.74, 6) is 0.646. The van der Waals surface area contributed by atoms with Crippen LogP contribution in [0.25, 0.3) is 22.3 Å². The number of anilines is 2. The second kappa shape index (κ2) is 7.48. The number of benzene rings is 5. The van der Waals surface area contributed by atoms with Gasteiger partial charge >= 0.3 is 0 Å². The van der Waals surface area contributed by atoms with E-state index in [4.69, 9.17) is 0 Å². The second-order valence-electron chi connectivity index (χ2n) is 11.5. The van der Waals surface area contributed by atoms with Gasteiger partial charge in [-0.3, -0.25) is 0 Å². The van der Waals surface area contributed by atoms with Crippen molar-refractivity contribution in [3.63, 3.8) is 0 Å². The smallest absolute Gasteiger partial charge is 0.0726 e. The Hall–Kier alpha value is -4.10. The zero-order valence-electron chi connectivity index (χ0n) is 21.4. The molecule has 0 amide bonds. The molecular formula is C37H29N. The predicted octanol–water partition coefficient (Wildman–Crippen LogP) is 9.21. The van der Waals surface area contributed by atoms with E-state index in [0.717, 1.165) is 0 Å². The van der Waals surface area contributed by atoms with E-state index in [9.17, 15) is 0 Å². The van der Waals surface area contributed by atoms with Crippen molar-refractivity contribution in [3.8, 4) is 22.3 Å². The van der Waals surface area contributed by atoms with Gasteiger partial charge in [0.1, 0.15) is 0 Å². The third kappa shape index (κ3) is 2.43. The van der Waals surface area contributed by atoms with Crippen LogP contribution in [0, 0.1) is 0 Å². The average molecular weight is 488 g/mol. The van der Waals surface area contributed by atoms with Gasteiger partial charge in [0.05, 0.1) is 5.41 Å². The summed E-state index contributed by atoms with van der Waals surface area (Å²) in [5.41, 5.74) is 15.2. The summed E-state index contributed by atoms with van der Waals surface area (Å²) >= 11 is 0. The predicted molar refractivity (Wildman–Crippen MR) is 156 cm³/mol. The zero-order chi connectivity index (χ0) is 24.8. The molecule has 2 atom stereocenters. The standard InChI is InChI=1S/C37H29N/c1-6-16-31-25(11-1)26-12-2-7-17-32(26)37(31)33-18-8-3-13-27(33)28-22-21-24(23-34(28)37)38-35-19-9-4-14-29(35)30-15-5-10-20-36(30)38/h1-4,6-9,11-14,16-19,21-23,30,36H,5,10,15,20H2. The highest BCUT2D eigenvalue weighted by molar-refractivity contribution is 5.96. The number of nitrogens with zero attached hydrogens (tertiary/aromatic N) is 1. The lowest BCUT2D eigenvalue weighted by molar-refractivity contribution is 0.402. The molecular weight excluding hydrogens is 458 g/mol. The van der Waals surface area contributed by atoms with Gasteiger partial charge in [0, 0.05) is 23.3 Å². The third-order valence-electron chi connectivity index (χ3n) is 9.92. The number of hydrogen-bond acceptors (Lipinski definition) is 1. The van der Waals surface area contributed by atoms with E-state index in [1.54, 1.807) is 5.56 Å². The van der Waals surface area contributed by atoms with Crippen LogP contribution < -0.4 is 4.90 Å². The fraction of sp³-hybridized carbons (Fsp3) is 0.189. The molecule has 0 bridgehead atoms. The number of rotatable bonds is 1. The fourth-order valence-electron chi connectivity index (χ4n) is 8.55. The lowest BCUT2D eigenvalue weighted by Gasteiger charge is -2.35. The van der Waals surface area contributed by atoms with E-state index in [-0.39, 0.29) is 5.41 Å². The minimum Gasteiger partial charge on any atom is -0.338 e. The summed E-state index contributed by atoms with van der Waals surface area (Å²) in [6.07, 6.45) is 5.25. The fourth-order valence-corrected chi connectivity index (χ4v) is 8.55. The molecule has 0 aromatic heterocycles. The molecule has 0 N–H and O–H groups in total.